The van der Waals surface area contributed by atoms with Gasteiger partial charge in [0.15, 0.2) is 0 Å². The van der Waals surface area contributed by atoms with Crippen molar-refractivity contribution in [1.29, 1.82) is 0 Å². The Labute approximate surface area is 81.0 Å². The monoisotopic (exact) mass is 180 g/mol. The van der Waals surface area contributed by atoms with E-state index in [9.17, 15) is 0 Å². The van der Waals surface area contributed by atoms with Crippen molar-refractivity contribution in [2.24, 2.45) is 12.5 Å². The first kappa shape index (κ1) is 10.3. The first-order chi connectivity index (χ1) is 5.75. The van der Waals surface area contributed by atoms with Crippen LogP contribution in [0, 0.1) is 5.41 Å². The summed E-state index contributed by atoms with van der Waals surface area (Å²) in [6.07, 6.45) is 2.00. The molecule has 0 aromatic carbocycles. The zero-order valence-corrected chi connectivity index (χ0v) is 9.55. The van der Waals surface area contributed by atoms with E-state index in [0.29, 0.717) is 0 Å². The van der Waals surface area contributed by atoms with Crippen LogP contribution in [0.4, 0.5) is 0 Å². The lowest BCUT2D eigenvalue weighted by Crippen LogP contribution is -2.34. The van der Waals surface area contributed by atoms with Crippen LogP contribution in [-0.2, 0) is 12.5 Å². The molecule has 0 atom stereocenters. The highest BCUT2D eigenvalue weighted by Gasteiger charge is 2.36. The van der Waals surface area contributed by atoms with Gasteiger partial charge in [0.2, 0.25) is 0 Å². The molecular formula is C11H20N2. The highest BCUT2D eigenvalue weighted by molar-refractivity contribution is 5.15. The second-order valence-corrected chi connectivity index (χ2v) is 5.25. The number of nitrogens with zero attached hydrogens (tertiary/aromatic N) is 2. The van der Waals surface area contributed by atoms with Crippen molar-refractivity contribution >= 4 is 0 Å². The summed E-state index contributed by atoms with van der Waals surface area (Å²) in [7, 11) is 1.96. The van der Waals surface area contributed by atoms with Gasteiger partial charge in [0.1, 0.15) is 0 Å². The summed E-state index contributed by atoms with van der Waals surface area (Å²) in [6, 6.07) is 2.10. The Hall–Kier alpha value is -0.790. The highest BCUT2D eigenvalue weighted by atomic mass is 15.2. The molecule has 0 fully saturated rings. The molecule has 0 N–H and O–H groups in total. The Morgan fingerprint density at radius 2 is 1.69 bits per heavy atom. The van der Waals surface area contributed by atoms with E-state index in [0.717, 1.165) is 0 Å². The molecule has 0 aliphatic rings. The lowest BCUT2D eigenvalue weighted by Gasteiger charge is -2.37. The van der Waals surface area contributed by atoms with Gasteiger partial charge in [0, 0.05) is 18.7 Å². The molecule has 0 saturated heterocycles. The number of hydrogen-bond acceptors (Lipinski definition) is 1. The Morgan fingerprint density at radius 1 is 1.15 bits per heavy atom. The van der Waals surface area contributed by atoms with Gasteiger partial charge in [-0.15, -0.1) is 0 Å². The topological polar surface area (TPSA) is 17.8 Å². The molecule has 0 radical (unpaired) electrons. The molecule has 2 heteroatoms. The van der Waals surface area contributed by atoms with Crippen LogP contribution in [0.15, 0.2) is 12.3 Å². The Bertz CT molecular complexity index is 289. The summed E-state index contributed by atoms with van der Waals surface area (Å²) in [6.45, 7) is 11.2. The first-order valence-electron chi connectivity index (χ1n) is 4.75. The predicted molar refractivity (Wildman–Crippen MR) is 55.7 cm³/mol. The van der Waals surface area contributed by atoms with E-state index >= 15 is 0 Å². The quantitative estimate of drug-likeness (QED) is 0.649. The predicted octanol–water partition coefficient (Wildman–Crippen LogP) is 2.74. The second kappa shape index (κ2) is 2.86. The van der Waals surface area contributed by atoms with Crippen LogP contribution >= 0.6 is 0 Å². The summed E-state index contributed by atoms with van der Waals surface area (Å²) >= 11 is 0. The summed E-state index contributed by atoms with van der Waals surface area (Å²) in [5.74, 6) is 0. The number of aromatic nitrogens is 2. The maximum atomic E-state index is 4.47. The van der Waals surface area contributed by atoms with Crippen LogP contribution in [0.2, 0.25) is 0 Å². The molecule has 1 rings (SSSR count). The fourth-order valence-corrected chi connectivity index (χ4v) is 1.13. The van der Waals surface area contributed by atoms with Gasteiger partial charge >= 0.3 is 0 Å². The van der Waals surface area contributed by atoms with Crippen LogP contribution in [0.3, 0.4) is 0 Å². The molecular weight excluding hydrogens is 160 g/mol. The van der Waals surface area contributed by atoms with Crippen LogP contribution in [0.25, 0.3) is 0 Å². The third-order valence-corrected chi connectivity index (χ3v) is 3.23. The van der Waals surface area contributed by atoms with Crippen LogP contribution in [0.1, 0.15) is 40.3 Å². The van der Waals surface area contributed by atoms with Gasteiger partial charge in [-0.3, -0.25) is 4.68 Å². The van der Waals surface area contributed by atoms with Crippen molar-refractivity contribution in [3.63, 3.8) is 0 Å². The third-order valence-electron chi connectivity index (χ3n) is 3.23. The van der Waals surface area contributed by atoms with E-state index in [2.05, 4.69) is 45.8 Å². The van der Waals surface area contributed by atoms with Gasteiger partial charge in [-0.25, -0.2) is 0 Å². The normalized spacial score (nSPS) is 13.4. The molecule has 1 aromatic rings. The maximum absolute atomic E-state index is 4.47. The first-order valence-corrected chi connectivity index (χ1v) is 4.75. The van der Waals surface area contributed by atoms with Crippen LogP contribution in [0.5, 0.6) is 0 Å². The molecule has 2 nitrogen and oxygen atoms in total. The Morgan fingerprint density at radius 3 is 2.00 bits per heavy atom. The smallest absolute Gasteiger partial charge is 0.0685 e. The number of rotatable bonds is 1. The van der Waals surface area contributed by atoms with Crippen molar-refractivity contribution in [2.45, 2.75) is 40.0 Å². The fourth-order valence-electron chi connectivity index (χ4n) is 1.13. The zero-order valence-electron chi connectivity index (χ0n) is 9.55. The fraction of sp³-hybridized carbons (Fsp3) is 0.727. The molecule has 0 aliphatic heterocycles. The average molecular weight is 180 g/mol. The number of hydrogen-bond donors (Lipinski definition) is 0. The van der Waals surface area contributed by atoms with Crippen molar-refractivity contribution in [2.75, 3.05) is 0 Å². The van der Waals surface area contributed by atoms with Crippen molar-refractivity contribution < 1.29 is 0 Å². The van der Waals surface area contributed by atoms with E-state index in [1.54, 1.807) is 0 Å². The van der Waals surface area contributed by atoms with E-state index in [-0.39, 0.29) is 10.8 Å². The van der Waals surface area contributed by atoms with Gasteiger partial charge in [0.25, 0.3) is 0 Å². The molecule has 0 amide bonds. The van der Waals surface area contributed by atoms with Gasteiger partial charge in [-0.2, -0.15) is 5.10 Å². The van der Waals surface area contributed by atoms with Crippen molar-refractivity contribution in [3.8, 4) is 0 Å². The SMILES string of the molecule is Cn1ccc(C(C)(C)C(C)(C)C)n1. The highest BCUT2D eigenvalue weighted by Crippen LogP contribution is 2.39. The standard InChI is InChI=1S/C11H20N2/c1-10(2,3)11(4,5)9-7-8-13(6)12-9/h7-8H,1-6H3. The number of aryl methyl sites for hydroxylation is 1. The van der Waals surface area contributed by atoms with E-state index in [1.807, 2.05) is 17.9 Å². The zero-order chi connectivity index (χ0) is 10.3. The van der Waals surface area contributed by atoms with Crippen molar-refractivity contribution in [3.05, 3.63) is 18.0 Å². The molecule has 0 unspecified atom stereocenters. The summed E-state index contributed by atoms with van der Waals surface area (Å²) < 4.78 is 1.86. The largest absolute Gasteiger partial charge is 0.276 e. The lowest BCUT2D eigenvalue weighted by molar-refractivity contribution is 0.218. The summed E-state index contributed by atoms with van der Waals surface area (Å²) in [4.78, 5) is 0. The van der Waals surface area contributed by atoms with Gasteiger partial charge in [0.05, 0.1) is 5.69 Å². The molecule has 0 saturated carbocycles. The Kier molecular flexibility index (Phi) is 2.27. The second-order valence-electron chi connectivity index (χ2n) is 5.25. The van der Waals surface area contributed by atoms with Crippen molar-refractivity contribution in [1.82, 2.24) is 9.78 Å². The van der Waals surface area contributed by atoms with Gasteiger partial charge in [-0.1, -0.05) is 34.6 Å². The molecule has 1 aromatic heterocycles. The molecule has 74 valence electrons. The van der Waals surface area contributed by atoms with Gasteiger partial charge in [-0.05, 0) is 11.5 Å². The minimum absolute atomic E-state index is 0.119. The van der Waals surface area contributed by atoms with Crippen LogP contribution in [-0.4, -0.2) is 9.78 Å². The summed E-state index contributed by atoms with van der Waals surface area (Å²) in [5, 5.41) is 4.47. The van der Waals surface area contributed by atoms with Crippen LogP contribution < -0.4 is 0 Å². The van der Waals surface area contributed by atoms with E-state index in [4.69, 9.17) is 0 Å². The lowest BCUT2D eigenvalue weighted by atomic mass is 9.67. The molecule has 0 bridgehead atoms. The Balaban J connectivity index is 3.07. The minimum Gasteiger partial charge on any atom is -0.276 e. The molecule has 13 heavy (non-hydrogen) atoms. The minimum atomic E-state index is 0.119. The average Bonchev–Trinajstić information content (AvgIpc) is 2.33. The molecule has 0 spiro atoms. The van der Waals surface area contributed by atoms with Gasteiger partial charge < -0.3 is 0 Å². The molecule has 0 aliphatic carbocycles. The maximum Gasteiger partial charge on any atom is 0.0685 e. The third kappa shape index (κ3) is 1.77. The van der Waals surface area contributed by atoms with E-state index in [1.165, 1.54) is 5.69 Å². The summed E-state index contributed by atoms with van der Waals surface area (Å²) in [5.41, 5.74) is 1.53. The molecule has 1 heterocycles. The van der Waals surface area contributed by atoms with E-state index < -0.39 is 0 Å².